The van der Waals surface area contributed by atoms with Crippen LogP contribution in [0.1, 0.15) is 5.56 Å². The molecule has 0 aromatic heterocycles. The van der Waals surface area contributed by atoms with Gasteiger partial charge in [-0.1, -0.05) is 50.1 Å². The van der Waals surface area contributed by atoms with Crippen LogP contribution in [0.15, 0.2) is 45.8 Å². The molecule has 1 aromatic rings. The maximum Gasteiger partial charge on any atom is 0.486 e. The van der Waals surface area contributed by atoms with Gasteiger partial charge in [-0.05, 0) is 6.08 Å². The fraction of sp³-hybridized carbons (Fsp3) is 0.267. The van der Waals surface area contributed by atoms with Crippen LogP contribution in [0.4, 0.5) is 36.4 Å². The van der Waals surface area contributed by atoms with Crippen molar-refractivity contribution < 1.29 is 40.2 Å². The quantitative estimate of drug-likeness (QED) is 0.140. The summed E-state index contributed by atoms with van der Waals surface area (Å²) in [5.41, 5.74) is -0.660. The van der Waals surface area contributed by atoms with Crippen LogP contribution < -0.4 is 0 Å². The molecule has 0 saturated carbocycles. The molecule has 14 heteroatoms. The monoisotopic (exact) mass is 572 g/mol. The molecule has 0 saturated heterocycles. The maximum absolute atomic E-state index is 13.9. The van der Waals surface area contributed by atoms with Gasteiger partial charge in [0.2, 0.25) is 0 Å². The van der Waals surface area contributed by atoms with Crippen molar-refractivity contribution in [3.05, 3.63) is 67.9 Å². The van der Waals surface area contributed by atoms with Crippen LogP contribution in [-0.4, -0.2) is 26.8 Å². The van der Waals surface area contributed by atoms with Gasteiger partial charge in [-0.15, -0.1) is 8.78 Å². The number of nitro benzene ring substituents is 1. The van der Waals surface area contributed by atoms with Gasteiger partial charge in [0.15, 0.2) is 4.91 Å². The zero-order valence-electron chi connectivity index (χ0n) is 13.5. The predicted octanol–water partition coefficient (Wildman–Crippen LogP) is 6.10. The Morgan fingerprint density at radius 2 is 1.62 bits per heavy atom. The van der Waals surface area contributed by atoms with E-state index >= 15 is 0 Å². The van der Waals surface area contributed by atoms with Gasteiger partial charge in [0.05, 0.1) is 26.0 Å². The Bertz CT molecular complexity index is 891. The molecule has 0 amide bonds. The largest absolute Gasteiger partial charge is 0.607 e. The highest BCUT2D eigenvalue weighted by molar-refractivity contribution is 9.12. The van der Waals surface area contributed by atoms with Crippen LogP contribution >= 0.6 is 31.9 Å². The molecule has 4 nitrogen and oxygen atoms in total. The maximum atomic E-state index is 13.9. The van der Waals surface area contributed by atoms with Gasteiger partial charge < -0.3 is 4.55 Å². The Morgan fingerprint density at radius 1 is 1.07 bits per heavy atom. The van der Waals surface area contributed by atoms with Crippen molar-refractivity contribution in [1.82, 2.24) is 0 Å². The molecule has 29 heavy (non-hydrogen) atoms. The van der Waals surface area contributed by atoms with E-state index in [1.165, 1.54) is 24.6 Å². The number of para-hydroxylation sites is 1. The first-order valence-corrected chi connectivity index (χ1v) is 9.91. The number of halogens is 9. The van der Waals surface area contributed by atoms with E-state index in [0.29, 0.717) is 12.2 Å². The topological polar surface area (TPSA) is 66.2 Å². The van der Waals surface area contributed by atoms with Gasteiger partial charge in [-0.3, -0.25) is 10.1 Å². The number of alkyl halides is 8. The number of rotatable bonds is 5. The lowest BCUT2D eigenvalue weighted by atomic mass is 9.91. The fourth-order valence-corrected chi connectivity index (χ4v) is 5.54. The molecule has 1 aliphatic carbocycles. The van der Waals surface area contributed by atoms with Crippen molar-refractivity contribution in [1.29, 1.82) is 0 Å². The molecule has 0 heterocycles. The highest BCUT2D eigenvalue weighted by Gasteiger charge is 2.80. The van der Waals surface area contributed by atoms with Gasteiger partial charge in [0.25, 0.3) is 5.69 Å². The summed E-state index contributed by atoms with van der Waals surface area (Å²) >= 11 is 1.74. The SMILES string of the molecule is O=[N+]([O-])c1ccccc1C1(Br)[CH]C(Br)=CC([S+]([O-])C(F)(F)C(F)(F)C(F)(F)F)=C1. The first-order chi connectivity index (χ1) is 13.0. The first kappa shape index (κ1) is 24.2. The lowest BCUT2D eigenvalue weighted by Crippen LogP contribution is -2.56. The van der Waals surface area contributed by atoms with Crippen molar-refractivity contribution in [3.8, 4) is 0 Å². The van der Waals surface area contributed by atoms with Crippen LogP contribution in [-0.2, 0) is 15.5 Å². The van der Waals surface area contributed by atoms with Crippen molar-refractivity contribution in [2.24, 2.45) is 0 Å². The molecule has 2 atom stereocenters. The number of nitrogens with zero attached hydrogens (tertiary/aromatic N) is 1. The Hall–Kier alpha value is -1.12. The Labute approximate surface area is 178 Å². The number of allylic oxidation sites excluding steroid dienone is 3. The molecule has 0 spiro atoms. The van der Waals surface area contributed by atoms with E-state index in [9.17, 15) is 45.4 Å². The average molecular weight is 574 g/mol. The minimum atomic E-state index is -6.65. The summed E-state index contributed by atoms with van der Waals surface area (Å²) in [7, 11) is 0. The highest BCUT2D eigenvalue weighted by atomic mass is 79.9. The molecular weight excluding hydrogens is 567 g/mol. The van der Waals surface area contributed by atoms with Crippen molar-refractivity contribution in [3.63, 3.8) is 0 Å². The zero-order chi connectivity index (χ0) is 22.4. The lowest BCUT2D eigenvalue weighted by Gasteiger charge is -2.32. The van der Waals surface area contributed by atoms with Gasteiger partial charge in [0.1, 0.15) is 0 Å². The van der Waals surface area contributed by atoms with E-state index in [2.05, 4.69) is 31.9 Å². The number of nitro groups is 1. The Morgan fingerprint density at radius 3 is 2.14 bits per heavy atom. The molecule has 1 aliphatic rings. The summed E-state index contributed by atoms with van der Waals surface area (Å²) in [5.74, 6) is -6.58. The molecule has 1 aromatic carbocycles. The molecule has 2 unspecified atom stereocenters. The second-order valence-electron chi connectivity index (χ2n) is 5.62. The minimum Gasteiger partial charge on any atom is -0.607 e. The van der Waals surface area contributed by atoms with E-state index in [4.69, 9.17) is 0 Å². The average Bonchev–Trinajstić information content (AvgIpc) is 2.59. The predicted molar refractivity (Wildman–Crippen MR) is 97.2 cm³/mol. The second kappa shape index (κ2) is 7.85. The summed E-state index contributed by atoms with van der Waals surface area (Å²) in [5, 5.41) is 5.22. The van der Waals surface area contributed by atoms with Crippen molar-refractivity contribution in [2.45, 2.75) is 21.7 Å². The van der Waals surface area contributed by atoms with Crippen LogP contribution in [0.5, 0.6) is 0 Å². The van der Waals surface area contributed by atoms with E-state index in [-0.39, 0.29) is 10.0 Å². The molecule has 0 N–H and O–H groups in total. The summed E-state index contributed by atoms with van der Waals surface area (Å²) in [6.45, 7) is 0. The third-order valence-electron chi connectivity index (χ3n) is 3.66. The highest BCUT2D eigenvalue weighted by Crippen LogP contribution is 2.53. The number of hydrogen-bond acceptors (Lipinski definition) is 3. The first-order valence-electron chi connectivity index (χ1n) is 7.17. The minimum absolute atomic E-state index is 0.135. The Balaban J connectivity index is 2.59. The van der Waals surface area contributed by atoms with Gasteiger partial charge >= 0.3 is 17.4 Å². The molecule has 1 radical (unpaired) electrons. The normalized spacial score (nSPS) is 22.0. The molecular formula is C15H7Br2F7NO3S. The zero-order valence-corrected chi connectivity index (χ0v) is 17.5. The van der Waals surface area contributed by atoms with E-state index in [1.807, 2.05) is 0 Å². The van der Waals surface area contributed by atoms with E-state index in [1.54, 1.807) is 0 Å². The molecule has 0 aliphatic heterocycles. The van der Waals surface area contributed by atoms with Crippen LogP contribution in [0.25, 0.3) is 0 Å². The summed E-state index contributed by atoms with van der Waals surface area (Å²) in [4.78, 5) is 9.32. The van der Waals surface area contributed by atoms with E-state index < -0.39 is 48.4 Å². The van der Waals surface area contributed by atoms with Crippen molar-refractivity contribution >= 4 is 48.7 Å². The number of hydrogen-bond donors (Lipinski definition) is 0. The summed E-state index contributed by atoms with van der Waals surface area (Å²) in [6.07, 6.45) is -4.16. The molecule has 0 fully saturated rings. The van der Waals surface area contributed by atoms with Gasteiger partial charge in [-0.25, -0.2) is 0 Å². The smallest absolute Gasteiger partial charge is 0.486 e. The second-order valence-corrected chi connectivity index (χ2v) is 9.37. The van der Waals surface area contributed by atoms with Crippen molar-refractivity contribution in [2.75, 3.05) is 0 Å². The van der Waals surface area contributed by atoms with Crippen LogP contribution in [0.3, 0.4) is 0 Å². The molecule has 159 valence electrons. The molecule has 2 rings (SSSR count). The number of benzene rings is 1. The van der Waals surface area contributed by atoms with Crippen LogP contribution in [0.2, 0.25) is 0 Å². The van der Waals surface area contributed by atoms with Gasteiger partial charge in [0, 0.05) is 23.0 Å². The summed E-state index contributed by atoms with van der Waals surface area (Å²) in [6, 6.07) is 4.92. The Kier molecular flexibility index (Phi) is 6.54. The standard InChI is InChI=1S/C15H7Br2F7NO3S/c16-8-5-9(29(28)15(23,24)13(18,19)14(20,21)22)7-12(17,6-8)10-3-1-2-4-11(10)25(26)27/h1-7H. The van der Waals surface area contributed by atoms with E-state index in [0.717, 1.165) is 6.07 Å². The van der Waals surface area contributed by atoms with Crippen LogP contribution in [0, 0.1) is 16.5 Å². The summed E-state index contributed by atoms with van der Waals surface area (Å²) < 4.78 is 102. The van der Waals surface area contributed by atoms with Gasteiger partial charge in [-0.2, -0.15) is 22.0 Å². The lowest BCUT2D eigenvalue weighted by molar-refractivity contribution is -0.385. The molecule has 0 bridgehead atoms. The fourth-order valence-electron chi connectivity index (χ4n) is 2.32. The third-order valence-corrected chi connectivity index (χ3v) is 6.39. The third kappa shape index (κ3) is 4.35.